The van der Waals surface area contributed by atoms with E-state index in [4.69, 9.17) is 11.6 Å². The van der Waals surface area contributed by atoms with E-state index in [0.717, 1.165) is 5.69 Å². The molecule has 1 aromatic heterocycles. The number of hydrogen-bond acceptors (Lipinski definition) is 3. The number of halogens is 1. The van der Waals surface area contributed by atoms with Crippen molar-refractivity contribution in [1.29, 1.82) is 0 Å². The van der Waals surface area contributed by atoms with Gasteiger partial charge in [0.1, 0.15) is 6.04 Å². The summed E-state index contributed by atoms with van der Waals surface area (Å²) in [5.41, 5.74) is 1.98. The molecule has 5 nitrogen and oxygen atoms in total. The Balaban J connectivity index is 2.10. The number of anilines is 1. The van der Waals surface area contributed by atoms with E-state index in [-0.39, 0.29) is 11.7 Å². The van der Waals surface area contributed by atoms with Gasteiger partial charge < -0.3 is 5.32 Å². The van der Waals surface area contributed by atoms with Crippen LogP contribution in [0.2, 0.25) is 5.02 Å². The molecule has 0 saturated heterocycles. The highest BCUT2D eigenvalue weighted by Crippen LogP contribution is 2.19. The number of benzene rings is 1. The molecule has 2 rings (SSSR count). The van der Waals surface area contributed by atoms with Crippen molar-refractivity contribution < 1.29 is 9.59 Å². The molecule has 0 aliphatic carbocycles. The Labute approximate surface area is 127 Å². The summed E-state index contributed by atoms with van der Waals surface area (Å²) in [6, 6.07) is 6.27. The van der Waals surface area contributed by atoms with Gasteiger partial charge in [-0.3, -0.25) is 14.3 Å². The molecule has 110 valence electrons. The molecule has 21 heavy (non-hydrogen) atoms. The van der Waals surface area contributed by atoms with E-state index in [2.05, 4.69) is 10.4 Å². The molecule has 0 radical (unpaired) electrons. The van der Waals surface area contributed by atoms with Crippen LogP contribution in [0.15, 0.2) is 30.5 Å². The number of amides is 1. The molecule has 0 fully saturated rings. The normalized spacial score (nSPS) is 12.0. The molecule has 1 unspecified atom stereocenters. The number of hydrogen-bond donors (Lipinski definition) is 1. The van der Waals surface area contributed by atoms with Crippen molar-refractivity contribution in [3.63, 3.8) is 0 Å². The summed E-state index contributed by atoms with van der Waals surface area (Å²) in [5, 5.41) is 7.41. The second kappa shape index (κ2) is 6.10. The summed E-state index contributed by atoms with van der Waals surface area (Å²) in [4.78, 5) is 23.4. The Morgan fingerprint density at radius 1 is 1.29 bits per heavy atom. The molecule has 1 aromatic carbocycles. The lowest BCUT2D eigenvalue weighted by Crippen LogP contribution is -2.25. The maximum Gasteiger partial charge on any atom is 0.248 e. The van der Waals surface area contributed by atoms with Gasteiger partial charge >= 0.3 is 0 Å². The predicted octanol–water partition coefficient (Wildman–Crippen LogP) is 3.25. The first-order valence-corrected chi connectivity index (χ1v) is 6.89. The van der Waals surface area contributed by atoms with E-state index in [9.17, 15) is 9.59 Å². The van der Waals surface area contributed by atoms with Gasteiger partial charge in [0.2, 0.25) is 5.91 Å². The monoisotopic (exact) mass is 305 g/mol. The summed E-state index contributed by atoms with van der Waals surface area (Å²) in [7, 11) is 0. The molecule has 0 bridgehead atoms. The fraction of sp³-hybridized carbons (Fsp3) is 0.267. The highest BCUT2D eigenvalue weighted by atomic mass is 35.5. The number of nitrogens with one attached hydrogen (secondary N) is 1. The molecular formula is C15H16ClN3O2. The van der Waals surface area contributed by atoms with Gasteiger partial charge in [-0.2, -0.15) is 5.10 Å². The SMILES string of the molecule is CC(=O)c1ccc(NC(=O)C(C)n2ncc(Cl)c2C)cc1. The number of carbonyl (C=O) groups excluding carboxylic acids is 2. The van der Waals surface area contributed by atoms with Gasteiger partial charge in [0.25, 0.3) is 0 Å². The Hall–Kier alpha value is -2.14. The van der Waals surface area contributed by atoms with E-state index in [1.807, 2.05) is 0 Å². The zero-order chi connectivity index (χ0) is 15.6. The fourth-order valence-electron chi connectivity index (χ4n) is 1.94. The van der Waals surface area contributed by atoms with Gasteiger partial charge in [-0.1, -0.05) is 11.6 Å². The van der Waals surface area contributed by atoms with Crippen LogP contribution in [-0.2, 0) is 4.79 Å². The molecule has 0 saturated carbocycles. The summed E-state index contributed by atoms with van der Waals surface area (Å²) < 4.78 is 1.57. The molecule has 0 spiro atoms. The highest BCUT2D eigenvalue weighted by molar-refractivity contribution is 6.31. The van der Waals surface area contributed by atoms with E-state index in [1.54, 1.807) is 42.8 Å². The summed E-state index contributed by atoms with van der Waals surface area (Å²) in [6.45, 7) is 5.05. The van der Waals surface area contributed by atoms with Crippen molar-refractivity contribution in [3.05, 3.63) is 46.7 Å². The van der Waals surface area contributed by atoms with Gasteiger partial charge in [0.15, 0.2) is 5.78 Å². The van der Waals surface area contributed by atoms with Crippen molar-refractivity contribution in [1.82, 2.24) is 9.78 Å². The van der Waals surface area contributed by atoms with Crippen molar-refractivity contribution in [2.45, 2.75) is 26.8 Å². The number of nitrogens with zero attached hydrogens (tertiary/aromatic N) is 2. The van der Waals surface area contributed by atoms with E-state index >= 15 is 0 Å². The fourth-order valence-corrected chi connectivity index (χ4v) is 2.07. The van der Waals surface area contributed by atoms with E-state index < -0.39 is 6.04 Å². The maximum atomic E-state index is 12.2. The van der Waals surface area contributed by atoms with Gasteiger partial charge in [0, 0.05) is 11.3 Å². The Bertz CT molecular complexity index is 677. The lowest BCUT2D eigenvalue weighted by atomic mass is 10.1. The maximum absolute atomic E-state index is 12.2. The van der Waals surface area contributed by atoms with Gasteiger partial charge in [-0.15, -0.1) is 0 Å². The van der Waals surface area contributed by atoms with Crippen LogP contribution in [0.5, 0.6) is 0 Å². The smallest absolute Gasteiger partial charge is 0.248 e. The third kappa shape index (κ3) is 3.31. The summed E-state index contributed by atoms with van der Waals surface area (Å²) >= 11 is 5.94. The van der Waals surface area contributed by atoms with Gasteiger partial charge in [-0.25, -0.2) is 0 Å². The number of ketones is 1. The third-order valence-corrected chi connectivity index (χ3v) is 3.66. The lowest BCUT2D eigenvalue weighted by molar-refractivity contribution is -0.119. The average Bonchev–Trinajstić information content (AvgIpc) is 2.78. The van der Waals surface area contributed by atoms with Crippen LogP contribution in [0.25, 0.3) is 0 Å². The average molecular weight is 306 g/mol. The van der Waals surface area contributed by atoms with Crippen LogP contribution in [0, 0.1) is 6.92 Å². The Morgan fingerprint density at radius 3 is 2.38 bits per heavy atom. The summed E-state index contributed by atoms with van der Waals surface area (Å²) in [5.74, 6) is -0.212. The number of Topliss-reactive ketones (excluding diaryl/α,β-unsaturated/α-hetero) is 1. The Morgan fingerprint density at radius 2 is 1.90 bits per heavy atom. The molecule has 0 aliphatic heterocycles. The minimum atomic E-state index is -0.481. The zero-order valence-corrected chi connectivity index (χ0v) is 12.8. The standard InChI is InChI=1S/C15H16ClN3O2/c1-9-14(16)8-17-19(9)10(2)15(21)18-13-6-4-12(5-7-13)11(3)20/h4-8,10H,1-3H3,(H,18,21). The molecule has 0 aliphatic rings. The minimum absolute atomic E-state index is 0.0111. The number of rotatable bonds is 4. The molecule has 1 heterocycles. The highest BCUT2D eigenvalue weighted by Gasteiger charge is 2.18. The van der Waals surface area contributed by atoms with E-state index in [0.29, 0.717) is 16.3 Å². The lowest BCUT2D eigenvalue weighted by Gasteiger charge is -2.14. The largest absolute Gasteiger partial charge is 0.324 e. The van der Waals surface area contributed by atoms with Crippen molar-refractivity contribution in [2.24, 2.45) is 0 Å². The zero-order valence-electron chi connectivity index (χ0n) is 12.1. The van der Waals surface area contributed by atoms with Crippen LogP contribution in [0.3, 0.4) is 0 Å². The first kappa shape index (κ1) is 15.3. The van der Waals surface area contributed by atoms with Crippen LogP contribution >= 0.6 is 11.6 Å². The van der Waals surface area contributed by atoms with Crippen molar-refractivity contribution in [3.8, 4) is 0 Å². The minimum Gasteiger partial charge on any atom is -0.324 e. The molecule has 2 aromatic rings. The van der Waals surface area contributed by atoms with Crippen LogP contribution in [0.1, 0.15) is 35.9 Å². The molecule has 1 atom stereocenters. The van der Waals surface area contributed by atoms with Crippen LogP contribution < -0.4 is 5.32 Å². The topological polar surface area (TPSA) is 64.0 Å². The third-order valence-electron chi connectivity index (χ3n) is 3.29. The van der Waals surface area contributed by atoms with Crippen molar-refractivity contribution in [2.75, 3.05) is 5.32 Å². The van der Waals surface area contributed by atoms with Gasteiger partial charge in [0.05, 0.1) is 16.9 Å². The number of aromatic nitrogens is 2. The van der Waals surface area contributed by atoms with Crippen LogP contribution in [-0.4, -0.2) is 21.5 Å². The number of carbonyl (C=O) groups is 2. The van der Waals surface area contributed by atoms with Crippen LogP contribution in [0.4, 0.5) is 5.69 Å². The molecule has 6 heteroatoms. The molecule has 1 N–H and O–H groups in total. The molecule has 1 amide bonds. The second-order valence-corrected chi connectivity index (χ2v) is 5.23. The summed E-state index contributed by atoms with van der Waals surface area (Å²) in [6.07, 6.45) is 1.52. The quantitative estimate of drug-likeness (QED) is 0.882. The van der Waals surface area contributed by atoms with Crippen molar-refractivity contribution >= 4 is 29.0 Å². The first-order valence-electron chi connectivity index (χ1n) is 6.51. The second-order valence-electron chi connectivity index (χ2n) is 4.82. The molecular weight excluding hydrogens is 290 g/mol. The first-order chi connectivity index (χ1) is 9.90. The van der Waals surface area contributed by atoms with E-state index in [1.165, 1.54) is 13.1 Å². The predicted molar refractivity (Wildman–Crippen MR) is 81.8 cm³/mol. The van der Waals surface area contributed by atoms with Gasteiger partial charge in [-0.05, 0) is 45.0 Å². The Kier molecular flexibility index (Phi) is 4.43.